The highest BCUT2D eigenvalue weighted by Gasteiger charge is 2.42. The van der Waals surface area contributed by atoms with Crippen LogP contribution in [0, 0.1) is 23.7 Å². The van der Waals surface area contributed by atoms with Gasteiger partial charge in [0.15, 0.2) is 0 Å². The topological polar surface area (TPSA) is 46.5 Å². The number of fused-ring (bicyclic) bond motifs is 1. The first-order chi connectivity index (χ1) is 8.95. The minimum atomic E-state index is -0.325. The van der Waals surface area contributed by atoms with Crippen molar-refractivity contribution < 1.29 is 14.6 Å². The van der Waals surface area contributed by atoms with E-state index in [9.17, 15) is 9.90 Å². The zero-order valence-electron chi connectivity index (χ0n) is 12.1. The van der Waals surface area contributed by atoms with E-state index in [1.807, 2.05) is 6.92 Å². The Morgan fingerprint density at radius 2 is 2.16 bits per heavy atom. The smallest absolute Gasteiger partial charge is 0.333 e. The van der Waals surface area contributed by atoms with Gasteiger partial charge in [-0.3, -0.25) is 0 Å². The molecule has 3 heteroatoms. The minimum absolute atomic E-state index is 0.163. The highest BCUT2D eigenvalue weighted by atomic mass is 16.5. The summed E-state index contributed by atoms with van der Waals surface area (Å²) in [4.78, 5) is 11.7. The van der Waals surface area contributed by atoms with Crippen LogP contribution in [0.15, 0.2) is 23.8 Å². The third kappa shape index (κ3) is 2.62. The summed E-state index contributed by atoms with van der Waals surface area (Å²) in [5, 5.41) is 10.0. The SMILES string of the molecule is C=C(C(=O)OC)[C@@H]1CC[C@@H](C)[C@@H]2C[C@@H](O)C(C)=C[C@@H]21. The molecule has 0 bridgehead atoms. The van der Waals surface area contributed by atoms with E-state index in [1.165, 1.54) is 7.11 Å². The fraction of sp³-hybridized carbons (Fsp3) is 0.688. The fourth-order valence-corrected chi connectivity index (χ4v) is 3.70. The van der Waals surface area contributed by atoms with Crippen LogP contribution in [-0.4, -0.2) is 24.3 Å². The average molecular weight is 264 g/mol. The first-order valence-electron chi connectivity index (χ1n) is 7.09. The van der Waals surface area contributed by atoms with Gasteiger partial charge in [0.05, 0.1) is 13.2 Å². The fourth-order valence-electron chi connectivity index (χ4n) is 3.70. The van der Waals surface area contributed by atoms with Crippen molar-refractivity contribution in [1.29, 1.82) is 0 Å². The molecular weight excluding hydrogens is 240 g/mol. The van der Waals surface area contributed by atoms with E-state index >= 15 is 0 Å². The average Bonchev–Trinajstić information content (AvgIpc) is 2.40. The number of aliphatic hydroxyl groups is 1. The van der Waals surface area contributed by atoms with Crippen LogP contribution in [0.5, 0.6) is 0 Å². The van der Waals surface area contributed by atoms with E-state index in [0.29, 0.717) is 23.3 Å². The van der Waals surface area contributed by atoms with Crippen molar-refractivity contribution in [2.45, 2.75) is 39.2 Å². The molecule has 19 heavy (non-hydrogen) atoms. The molecule has 1 N–H and O–H groups in total. The second-order valence-corrected chi connectivity index (χ2v) is 6.08. The van der Waals surface area contributed by atoms with Crippen LogP contribution in [0.2, 0.25) is 0 Å². The second-order valence-electron chi connectivity index (χ2n) is 6.08. The van der Waals surface area contributed by atoms with Gasteiger partial charge in [0, 0.05) is 5.57 Å². The number of aliphatic hydroxyl groups excluding tert-OH is 1. The van der Waals surface area contributed by atoms with E-state index < -0.39 is 0 Å². The van der Waals surface area contributed by atoms with Crippen LogP contribution in [0.25, 0.3) is 0 Å². The van der Waals surface area contributed by atoms with Gasteiger partial charge in [0.25, 0.3) is 0 Å². The first-order valence-corrected chi connectivity index (χ1v) is 7.09. The van der Waals surface area contributed by atoms with Crippen LogP contribution in [-0.2, 0) is 9.53 Å². The number of carbonyl (C=O) groups excluding carboxylic acids is 1. The lowest BCUT2D eigenvalue weighted by Gasteiger charge is -2.45. The molecule has 0 unspecified atom stereocenters. The number of hydrogen-bond donors (Lipinski definition) is 1. The molecule has 0 radical (unpaired) electrons. The Bertz CT molecular complexity index is 410. The standard InChI is InChI=1S/C16H24O3/c1-9-5-6-12(11(3)16(18)19-4)14-7-10(2)15(17)8-13(9)14/h7,9,12-15,17H,3,5-6,8H2,1-2,4H3/t9-,12+,13+,14-,15-/m1/s1. The van der Waals surface area contributed by atoms with E-state index in [1.54, 1.807) is 0 Å². The maximum Gasteiger partial charge on any atom is 0.333 e. The summed E-state index contributed by atoms with van der Waals surface area (Å²) in [6.45, 7) is 8.16. The Labute approximate surface area is 115 Å². The summed E-state index contributed by atoms with van der Waals surface area (Å²) < 4.78 is 4.81. The molecule has 1 fully saturated rings. The number of rotatable bonds is 2. The molecule has 0 aromatic rings. The zero-order chi connectivity index (χ0) is 14.2. The summed E-state index contributed by atoms with van der Waals surface area (Å²) in [5.74, 6) is 1.22. The molecule has 106 valence electrons. The Balaban J connectivity index is 2.26. The molecule has 0 amide bonds. The van der Waals surface area contributed by atoms with Gasteiger partial charge in [-0.25, -0.2) is 4.79 Å². The number of hydrogen-bond acceptors (Lipinski definition) is 3. The van der Waals surface area contributed by atoms with Crippen LogP contribution < -0.4 is 0 Å². The molecule has 0 spiro atoms. The Morgan fingerprint density at radius 1 is 1.47 bits per heavy atom. The quantitative estimate of drug-likeness (QED) is 0.474. The van der Waals surface area contributed by atoms with E-state index in [-0.39, 0.29) is 18.0 Å². The summed E-state index contributed by atoms with van der Waals surface area (Å²) in [6, 6.07) is 0. The van der Waals surface area contributed by atoms with Crippen LogP contribution in [0.4, 0.5) is 0 Å². The van der Waals surface area contributed by atoms with Crippen molar-refractivity contribution in [3.05, 3.63) is 23.8 Å². The maximum absolute atomic E-state index is 11.7. The molecule has 0 aromatic heterocycles. The number of methoxy groups -OCH3 is 1. The number of allylic oxidation sites excluding steroid dienone is 1. The van der Waals surface area contributed by atoms with E-state index in [0.717, 1.165) is 24.8 Å². The first kappa shape index (κ1) is 14.3. The van der Waals surface area contributed by atoms with Crippen molar-refractivity contribution in [1.82, 2.24) is 0 Å². The van der Waals surface area contributed by atoms with Crippen LogP contribution in [0.3, 0.4) is 0 Å². The number of esters is 1. The third-order valence-corrected chi connectivity index (χ3v) is 4.99. The lowest BCUT2D eigenvalue weighted by atomic mass is 9.61. The van der Waals surface area contributed by atoms with Gasteiger partial charge in [-0.15, -0.1) is 0 Å². The number of carbonyl (C=O) groups is 1. The molecule has 2 aliphatic carbocycles. The van der Waals surface area contributed by atoms with Crippen LogP contribution in [0.1, 0.15) is 33.1 Å². The molecule has 2 aliphatic rings. The van der Waals surface area contributed by atoms with Gasteiger partial charge in [-0.1, -0.05) is 19.6 Å². The van der Waals surface area contributed by atoms with Crippen LogP contribution >= 0.6 is 0 Å². The second kappa shape index (κ2) is 5.49. The lowest BCUT2D eigenvalue weighted by molar-refractivity contribution is -0.137. The molecule has 0 saturated heterocycles. The predicted molar refractivity (Wildman–Crippen MR) is 74.4 cm³/mol. The van der Waals surface area contributed by atoms with Gasteiger partial charge in [-0.05, 0) is 55.4 Å². The molecule has 3 nitrogen and oxygen atoms in total. The molecular formula is C16H24O3. The van der Waals surface area contributed by atoms with Crippen molar-refractivity contribution in [3.8, 4) is 0 Å². The highest BCUT2D eigenvalue weighted by Crippen LogP contribution is 2.47. The maximum atomic E-state index is 11.7. The Hall–Kier alpha value is -1.09. The molecule has 5 atom stereocenters. The summed E-state index contributed by atoms with van der Waals surface area (Å²) >= 11 is 0. The van der Waals surface area contributed by atoms with Crippen molar-refractivity contribution in [2.24, 2.45) is 23.7 Å². The predicted octanol–water partition coefficient (Wildman–Crippen LogP) is 2.71. The van der Waals surface area contributed by atoms with Gasteiger partial charge >= 0.3 is 5.97 Å². The molecule has 0 aromatic carbocycles. The monoisotopic (exact) mass is 264 g/mol. The molecule has 2 rings (SSSR count). The molecule has 1 saturated carbocycles. The molecule has 0 heterocycles. The molecule has 0 aliphatic heterocycles. The normalized spacial score (nSPS) is 38.1. The van der Waals surface area contributed by atoms with Gasteiger partial charge in [-0.2, -0.15) is 0 Å². The van der Waals surface area contributed by atoms with Crippen molar-refractivity contribution >= 4 is 5.97 Å². The summed E-state index contributed by atoms with van der Waals surface area (Å²) in [6.07, 6.45) is 4.71. The Morgan fingerprint density at radius 3 is 2.79 bits per heavy atom. The van der Waals surface area contributed by atoms with Crippen molar-refractivity contribution in [2.75, 3.05) is 7.11 Å². The van der Waals surface area contributed by atoms with Crippen molar-refractivity contribution in [3.63, 3.8) is 0 Å². The number of ether oxygens (including phenoxy) is 1. The van der Waals surface area contributed by atoms with Gasteiger partial charge in [0.2, 0.25) is 0 Å². The third-order valence-electron chi connectivity index (χ3n) is 4.99. The summed E-state index contributed by atoms with van der Waals surface area (Å²) in [7, 11) is 1.40. The Kier molecular flexibility index (Phi) is 4.14. The summed E-state index contributed by atoms with van der Waals surface area (Å²) in [5.41, 5.74) is 1.61. The van der Waals surface area contributed by atoms with Gasteiger partial charge < -0.3 is 9.84 Å². The lowest BCUT2D eigenvalue weighted by Crippen LogP contribution is -2.40. The van der Waals surface area contributed by atoms with E-state index in [2.05, 4.69) is 19.6 Å². The van der Waals surface area contributed by atoms with Gasteiger partial charge in [0.1, 0.15) is 0 Å². The highest BCUT2D eigenvalue weighted by molar-refractivity contribution is 5.88. The van der Waals surface area contributed by atoms with E-state index in [4.69, 9.17) is 4.74 Å². The minimum Gasteiger partial charge on any atom is -0.466 e. The zero-order valence-corrected chi connectivity index (χ0v) is 12.1. The largest absolute Gasteiger partial charge is 0.466 e.